The molecule has 0 unspecified atom stereocenters. The van der Waals surface area contributed by atoms with Gasteiger partial charge < -0.3 is 20.5 Å². The number of methoxy groups -OCH3 is 1. The molecule has 0 spiro atoms. The molecule has 29 heavy (non-hydrogen) atoms. The number of benzene rings is 2. The smallest absolute Gasteiger partial charge is 0.236 e. The highest BCUT2D eigenvalue weighted by Gasteiger charge is 2.40. The molecule has 1 fully saturated rings. The van der Waals surface area contributed by atoms with Crippen molar-refractivity contribution in [1.29, 1.82) is 0 Å². The Morgan fingerprint density at radius 1 is 1.21 bits per heavy atom. The molecular formula is C22H25FN2O4. The first-order valence-electron chi connectivity index (χ1n) is 9.51. The Balaban J connectivity index is 1.90. The summed E-state index contributed by atoms with van der Waals surface area (Å²) < 4.78 is 24.6. The first-order valence-corrected chi connectivity index (χ1v) is 9.51. The molecule has 1 aliphatic heterocycles. The molecule has 2 amide bonds. The van der Waals surface area contributed by atoms with Crippen LogP contribution >= 0.6 is 0 Å². The second-order valence-electron chi connectivity index (χ2n) is 7.26. The molecular weight excluding hydrogens is 375 g/mol. The molecule has 0 aliphatic carbocycles. The average Bonchev–Trinajstić information content (AvgIpc) is 2.72. The van der Waals surface area contributed by atoms with Crippen LogP contribution in [0.1, 0.15) is 18.4 Å². The zero-order chi connectivity index (χ0) is 20.9. The van der Waals surface area contributed by atoms with E-state index < -0.39 is 11.3 Å². The summed E-state index contributed by atoms with van der Waals surface area (Å²) in [4.78, 5) is 24.0. The van der Waals surface area contributed by atoms with Gasteiger partial charge in [-0.2, -0.15) is 0 Å². The van der Waals surface area contributed by atoms with Crippen LogP contribution in [0.15, 0.2) is 42.5 Å². The van der Waals surface area contributed by atoms with E-state index in [1.807, 2.05) is 24.3 Å². The summed E-state index contributed by atoms with van der Waals surface area (Å²) >= 11 is 0. The van der Waals surface area contributed by atoms with Gasteiger partial charge in [-0.15, -0.1) is 0 Å². The summed E-state index contributed by atoms with van der Waals surface area (Å²) in [6.45, 7) is 0.755. The van der Waals surface area contributed by atoms with Gasteiger partial charge in [0.1, 0.15) is 11.6 Å². The fraction of sp³-hybridized carbons (Fsp3) is 0.364. The highest BCUT2D eigenvalue weighted by molar-refractivity contribution is 5.87. The lowest BCUT2D eigenvalue weighted by molar-refractivity contribution is -0.137. The van der Waals surface area contributed by atoms with Crippen molar-refractivity contribution < 1.29 is 23.5 Å². The molecule has 1 heterocycles. The van der Waals surface area contributed by atoms with Crippen LogP contribution in [-0.4, -0.2) is 38.7 Å². The number of ether oxygens (including phenoxy) is 2. The van der Waals surface area contributed by atoms with Gasteiger partial charge in [-0.1, -0.05) is 24.3 Å². The zero-order valence-corrected chi connectivity index (χ0v) is 16.4. The quantitative estimate of drug-likeness (QED) is 0.747. The van der Waals surface area contributed by atoms with E-state index in [1.54, 1.807) is 13.2 Å². The van der Waals surface area contributed by atoms with E-state index >= 15 is 0 Å². The second kappa shape index (κ2) is 9.05. The van der Waals surface area contributed by atoms with Crippen molar-refractivity contribution in [2.75, 3.05) is 26.9 Å². The van der Waals surface area contributed by atoms with Crippen molar-refractivity contribution in [1.82, 2.24) is 5.32 Å². The van der Waals surface area contributed by atoms with Gasteiger partial charge >= 0.3 is 0 Å². The fourth-order valence-corrected chi connectivity index (χ4v) is 3.75. The number of carbonyl (C=O) groups excluding carboxylic acids is 2. The van der Waals surface area contributed by atoms with E-state index in [0.717, 1.165) is 11.1 Å². The lowest BCUT2D eigenvalue weighted by Gasteiger charge is -2.36. The van der Waals surface area contributed by atoms with E-state index in [4.69, 9.17) is 15.2 Å². The van der Waals surface area contributed by atoms with Crippen molar-refractivity contribution in [3.05, 3.63) is 53.8 Å². The van der Waals surface area contributed by atoms with Gasteiger partial charge in [-0.25, -0.2) is 4.39 Å². The Bertz CT molecular complexity index is 894. The number of primary amides is 1. The Morgan fingerprint density at radius 3 is 2.66 bits per heavy atom. The maximum atomic E-state index is 13.8. The van der Waals surface area contributed by atoms with Gasteiger partial charge in [0, 0.05) is 18.8 Å². The largest absolute Gasteiger partial charge is 0.496 e. The normalized spacial score (nSPS) is 15.5. The Hall–Kier alpha value is -2.93. The predicted molar refractivity (Wildman–Crippen MR) is 107 cm³/mol. The van der Waals surface area contributed by atoms with E-state index in [1.165, 1.54) is 12.1 Å². The summed E-state index contributed by atoms with van der Waals surface area (Å²) in [6.07, 6.45) is 1.57. The van der Waals surface area contributed by atoms with E-state index in [-0.39, 0.29) is 18.3 Å². The minimum Gasteiger partial charge on any atom is -0.496 e. The molecule has 154 valence electrons. The number of halogens is 1. The summed E-state index contributed by atoms with van der Waals surface area (Å²) in [5.74, 6) is -0.560. The van der Waals surface area contributed by atoms with Crippen LogP contribution < -0.4 is 15.8 Å². The third-order valence-electron chi connectivity index (χ3n) is 5.30. The lowest BCUT2D eigenvalue weighted by atomic mass is 9.74. The van der Waals surface area contributed by atoms with E-state index in [2.05, 4.69) is 5.32 Å². The third-order valence-corrected chi connectivity index (χ3v) is 5.30. The van der Waals surface area contributed by atoms with Crippen LogP contribution in [0.25, 0.3) is 11.1 Å². The molecule has 0 bridgehead atoms. The minimum absolute atomic E-state index is 0.192. The molecule has 1 aliphatic rings. The predicted octanol–water partition coefficient (Wildman–Crippen LogP) is 2.44. The molecule has 7 heteroatoms. The van der Waals surface area contributed by atoms with Crippen molar-refractivity contribution in [2.24, 2.45) is 11.1 Å². The van der Waals surface area contributed by atoms with Gasteiger partial charge in [0.25, 0.3) is 0 Å². The number of nitrogens with one attached hydrogen (secondary N) is 1. The number of hydrogen-bond donors (Lipinski definition) is 2. The van der Waals surface area contributed by atoms with Crippen LogP contribution in [-0.2, 0) is 20.7 Å². The van der Waals surface area contributed by atoms with Crippen molar-refractivity contribution in [2.45, 2.75) is 19.3 Å². The van der Waals surface area contributed by atoms with Gasteiger partial charge in [0.2, 0.25) is 11.8 Å². The van der Waals surface area contributed by atoms with Crippen LogP contribution in [0.2, 0.25) is 0 Å². The number of rotatable bonds is 7. The van der Waals surface area contributed by atoms with Gasteiger partial charge in [0.15, 0.2) is 0 Å². The summed E-state index contributed by atoms with van der Waals surface area (Å²) in [7, 11) is 1.54. The highest BCUT2D eigenvalue weighted by Crippen LogP contribution is 2.37. The number of amides is 2. The standard InChI is InChI=1S/C22H25FN2O4/c1-28-19-6-5-17(23)12-18(19)16-4-2-3-15(11-16)13-22(7-9-29-10-8-22)21(27)25-14-20(24)26/h2-6,11-12H,7-10,13-14H2,1H3,(H2,24,26)(H,25,27). The first-order chi connectivity index (χ1) is 13.9. The number of hydrogen-bond acceptors (Lipinski definition) is 4. The topological polar surface area (TPSA) is 90.6 Å². The van der Waals surface area contributed by atoms with Crippen molar-refractivity contribution in [3.8, 4) is 16.9 Å². The maximum Gasteiger partial charge on any atom is 0.236 e. The molecule has 2 aromatic carbocycles. The first kappa shape index (κ1) is 20.8. The molecule has 3 N–H and O–H groups in total. The number of carbonyl (C=O) groups is 2. The van der Waals surface area contributed by atoms with Crippen molar-refractivity contribution >= 4 is 11.8 Å². The lowest BCUT2D eigenvalue weighted by Crippen LogP contribution is -2.48. The van der Waals surface area contributed by atoms with Crippen LogP contribution in [0.5, 0.6) is 5.75 Å². The molecule has 2 aromatic rings. The fourth-order valence-electron chi connectivity index (χ4n) is 3.75. The molecule has 0 saturated carbocycles. The third kappa shape index (κ3) is 4.92. The molecule has 0 radical (unpaired) electrons. The van der Waals surface area contributed by atoms with Crippen LogP contribution in [0.3, 0.4) is 0 Å². The van der Waals surface area contributed by atoms with Crippen molar-refractivity contribution in [3.63, 3.8) is 0 Å². The van der Waals surface area contributed by atoms with Crippen LogP contribution in [0.4, 0.5) is 4.39 Å². The minimum atomic E-state index is -0.682. The van der Waals surface area contributed by atoms with E-state index in [0.29, 0.717) is 43.8 Å². The summed E-state index contributed by atoms with van der Waals surface area (Å²) in [6, 6.07) is 12.0. The summed E-state index contributed by atoms with van der Waals surface area (Å²) in [5, 5.41) is 2.65. The Labute approximate surface area is 169 Å². The SMILES string of the molecule is COc1ccc(F)cc1-c1cccc(CC2(C(=O)NCC(N)=O)CCOCC2)c1. The maximum absolute atomic E-state index is 13.8. The molecule has 3 rings (SSSR count). The second-order valence-corrected chi connectivity index (χ2v) is 7.26. The molecule has 0 atom stereocenters. The monoisotopic (exact) mass is 400 g/mol. The number of nitrogens with two attached hydrogens (primary N) is 1. The van der Waals surface area contributed by atoms with Gasteiger partial charge in [-0.3, -0.25) is 9.59 Å². The highest BCUT2D eigenvalue weighted by atomic mass is 19.1. The average molecular weight is 400 g/mol. The molecule has 6 nitrogen and oxygen atoms in total. The molecule has 0 aromatic heterocycles. The Kier molecular flexibility index (Phi) is 6.49. The van der Waals surface area contributed by atoms with E-state index in [9.17, 15) is 14.0 Å². The molecule has 1 saturated heterocycles. The zero-order valence-electron chi connectivity index (χ0n) is 16.4. The van der Waals surface area contributed by atoms with Crippen LogP contribution in [0, 0.1) is 11.2 Å². The van der Waals surface area contributed by atoms with Gasteiger partial charge in [-0.05, 0) is 48.6 Å². The van der Waals surface area contributed by atoms with Gasteiger partial charge in [0.05, 0.1) is 19.1 Å². The Morgan fingerprint density at radius 2 is 1.97 bits per heavy atom. The summed E-state index contributed by atoms with van der Waals surface area (Å²) in [5.41, 5.74) is 6.87.